The zero-order valence-corrected chi connectivity index (χ0v) is 21.5. The number of hydrogen-bond acceptors (Lipinski definition) is 3. The van der Waals surface area contributed by atoms with Gasteiger partial charge in [0.1, 0.15) is 6.04 Å². The van der Waals surface area contributed by atoms with Gasteiger partial charge in [0.2, 0.25) is 5.91 Å². The number of rotatable bonds is 12. The first-order chi connectivity index (χ1) is 18.0. The minimum absolute atomic E-state index is 0.169. The predicted octanol–water partition coefficient (Wildman–Crippen LogP) is 5.34. The molecule has 0 spiro atoms. The van der Waals surface area contributed by atoms with E-state index in [0.29, 0.717) is 19.5 Å². The van der Waals surface area contributed by atoms with Crippen LogP contribution in [0.5, 0.6) is 0 Å². The third-order valence-corrected chi connectivity index (χ3v) is 6.81. The molecule has 0 fully saturated rings. The van der Waals surface area contributed by atoms with Gasteiger partial charge in [0.25, 0.3) is 0 Å². The molecule has 1 atom stereocenters. The number of hydrogen-bond donors (Lipinski definition) is 3. The molecule has 0 heterocycles. The molecular formula is C31H36N4O2. The minimum atomic E-state index is -0.580. The van der Waals surface area contributed by atoms with Gasteiger partial charge in [-0.3, -0.25) is 4.79 Å². The first kappa shape index (κ1) is 26.2. The predicted molar refractivity (Wildman–Crippen MR) is 151 cm³/mol. The number of likely N-dealkylation sites (N-methyl/N-ethyl adjacent to an activating group) is 1. The lowest BCUT2D eigenvalue weighted by atomic mass is 10.1. The average molecular weight is 497 g/mol. The average Bonchev–Trinajstić information content (AvgIpc) is 2.92. The highest BCUT2D eigenvalue weighted by Gasteiger charge is 2.26. The Morgan fingerprint density at radius 3 is 1.92 bits per heavy atom. The van der Waals surface area contributed by atoms with Crippen molar-refractivity contribution in [3.05, 3.63) is 96.1 Å². The molecule has 0 aromatic heterocycles. The van der Waals surface area contributed by atoms with Gasteiger partial charge in [-0.25, -0.2) is 4.79 Å². The van der Waals surface area contributed by atoms with Crippen LogP contribution in [0, 0.1) is 0 Å². The van der Waals surface area contributed by atoms with Crippen molar-refractivity contribution < 1.29 is 9.59 Å². The number of fused-ring (bicyclic) bond motifs is 2. The van der Waals surface area contributed by atoms with Gasteiger partial charge in [0.15, 0.2) is 0 Å². The summed E-state index contributed by atoms with van der Waals surface area (Å²) >= 11 is 0. The molecule has 37 heavy (non-hydrogen) atoms. The number of carbonyl (C=O) groups excluding carboxylic acids is 2. The zero-order valence-electron chi connectivity index (χ0n) is 21.5. The molecule has 0 aliphatic rings. The Morgan fingerprint density at radius 2 is 1.35 bits per heavy atom. The molecular weight excluding hydrogens is 460 g/mol. The van der Waals surface area contributed by atoms with E-state index in [-0.39, 0.29) is 5.91 Å². The summed E-state index contributed by atoms with van der Waals surface area (Å²) in [6.07, 6.45) is 2.28. The normalized spacial score (nSPS) is 11.9. The fraction of sp³-hybridized carbons (Fsp3) is 0.290. The number of urea groups is 1. The second-order valence-electron chi connectivity index (χ2n) is 9.39. The van der Waals surface area contributed by atoms with Crippen LogP contribution in [-0.2, 0) is 17.9 Å². The third kappa shape index (κ3) is 7.08. The molecule has 4 aromatic rings. The van der Waals surface area contributed by atoms with Crippen molar-refractivity contribution in [3.63, 3.8) is 0 Å². The molecule has 0 saturated heterocycles. The molecule has 4 N–H and O–H groups in total. The maximum absolute atomic E-state index is 13.1. The van der Waals surface area contributed by atoms with Gasteiger partial charge in [-0.15, -0.1) is 0 Å². The lowest BCUT2D eigenvalue weighted by molar-refractivity contribution is -0.125. The zero-order chi connectivity index (χ0) is 26.0. The van der Waals surface area contributed by atoms with Crippen molar-refractivity contribution >= 4 is 33.5 Å². The molecule has 4 rings (SSSR count). The van der Waals surface area contributed by atoms with Gasteiger partial charge >= 0.3 is 6.03 Å². The number of amides is 3. The van der Waals surface area contributed by atoms with E-state index in [0.717, 1.165) is 42.3 Å². The largest absolute Gasteiger partial charge is 0.351 e. The highest BCUT2D eigenvalue weighted by atomic mass is 16.2. The quantitative estimate of drug-likeness (QED) is 0.231. The number of nitrogens with two attached hydrogens (primary N) is 1. The van der Waals surface area contributed by atoms with Gasteiger partial charge < -0.3 is 21.3 Å². The van der Waals surface area contributed by atoms with Crippen molar-refractivity contribution in [1.29, 1.82) is 0 Å². The first-order valence-corrected chi connectivity index (χ1v) is 13.0. The van der Waals surface area contributed by atoms with Crippen LogP contribution in [0.1, 0.15) is 37.3 Å². The minimum Gasteiger partial charge on any atom is -0.351 e. The maximum Gasteiger partial charge on any atom is 0.315 e. The fourth-order valence-electron chi connectivity index (χ4n) is 4.78. The van der Waals surface area contributed by atoms with E-state index >= 15 is 0 Å². The molecule has 6 heteroatoms. The summed E-state index contributed by atoms with van der Waals surface area (Å²) in [6, 6.07) is 28.0. The number of unbranched alkanes of at least 4 members (excludes halogenated alkanes) is 1. The molecule has 3 amide bonds. The van der Waals surface area contributed by atoms with E-state index in [1.54, 1.807) is 0 Å². The number of nitrogens with one attached hydrogen (secondary N) is 2. The Bertz CT molecular complexity index is 1350. The van der Waals surface area contributed by atoms with Crippen molar-refractivity contribution in [2.45, 2.75) is 45.3 Å². The van der Waals surface area contributed by atoms with E-state index in [1.807, 2.05) is 25.1 Å². The number of benzene rings is 4. The lowest BCUT2D eigenvalue weighted by Crippen LogP contribution is -2.51. The lowest BCUT2D eigenvalue weighted by Gasteiger charge is -2.28. The maximum atomic E-state index is 13.1. The number of nitrogens with zero attached hydrogens (tertiary/aromatic N) is 1. The summed E-state index contributed by atoms with van der Waals surface area (Å²) in [5.74, 6) is -0.169. The van der Waals surface area contributed by atoms with Crippen LogP contribution < -0.4 is 16.4 Å². The van der Waals surface area contributed by atoms with Gasteiger partial charge in [0, 0.05) is 19.6 Å². The second kappa shape index (κ2) is 12.9. The second-order valence-corrected chi connectivity index (χ2v) is 9.39. The Morgan fingerprint density at radius 1 is 0.784 bits per heavy atom. The number of carbonyl (C=O) groups is 2. The molecule has 0 saturated carbocycles. The molecule has 192 valence electrons. The summed E-state index contributed by atoms with van der Waals surface area (Å²) in [4.78, 5) is 26.6. The highest BCUT2D eigenvalue weighted by Crippen LogP contribution is 2.17. The topological polar surface area (TPSA) is 87.5 Å². The Balaban J connectivity index is 1.27. The number of primary amides is 1. The van der Waals surface area contributed by atoms with E-state index in [4.69, 9.17) is 5.73 Å². The Labute approximate surface area is 218 Å². The molecule has 4 aromatic carbocycles. The van der Waals surface area contributed by atoms with Crippen LogP contribution in [0.25, 0.3) is 21.5 Å². The first-order valence-electron chi connectivity index (χ1n) is 13.0. The molecule has 0 radical (unpaired) electrons. The van der Waals surface area contributed by atoms with Crippen molar-refractivity contribution in [1.82, 2.24) is 15.5 Å². The van der Waals surface area contributed by atoms with Crippen LogP contribution in [0.15, 0.2) is 84.9 Å². The van der Waals surface area contributed by atoms with Gasteiger partial charge in [-0.05, 0) is 77.5 Å². The van der Waals surface area contributed by atoms with E-state index in [9.17, 15) is 9.59 Å². The summed E-state index contributed by atoms with van der Waals surface area (Å²) in [5, 5.41) is 11.3. The summed E-state index contributed by atoms with van der Waals surface area (Å²) in [7, 11) is 0. The van der Waals surface area contributed by atoms with Gasteiger partial charge in [0.05, 0.1) is 0 Å². The standard InChI is InChI=1S/C31H36N4O2/c1-2-35(31(32)37)29(30(36)34-22-24-15-17-26-10-4-6-12-28(26)20-24)13-7-8-18-33-21-23-14-16-25-9-3-5-11-27(25)19-23/h3-6,9-12,14-17,19-20,29,33H,2,7-8,13,18,21-22H2,1H3,(H2,32,37)(H,34,36)/t29-/m1/s1. The molecule has 0 unspecified atom stereocenters. The SMILES string of the molecule is CCN(C(N)=O)[C@H](CCCCNCc1ccc2ccccc2c1)C(=O)NCc1ccc2ccccc2c1. The summed E-state index contributed by atoms with van der Waals surface area (Å²) in [6.45, 7) is 4.27. The molecule has 6 nitrogen and oxygen atoms in total. The third-order valence-electron chi connectivity index (χ3n) is 6.81. The van der Waals surface area contributed by atoms with Crippen molar-refractivity contribution in [3.8, 4) is 0 Å². The van der Waals surface area contributed by atoms with Crippen LogP contribution in [0.4, 0.5) is 4.79 Å². The fourth-order valence-corrected chi connectivity index (χ4v) is 4.78. The van der Waals surface area contributed by atoms with Crippen LogP contribution in [0.2, 0.25) is 0 Å². The Kier molecular flexibility index (Phi) is 9.11. The van der Waals surface area contributed by atoms with Crippen LogP contribution in [-0.4, -0.2) is 36.0 Å². The van der Waals surface area contributed by atoms with Crippen LogP contribution >= 0.6 is 0 Å². The van der Waals surface area contributed by atoms with E-state index in [2.05, 4.69) is 77.4 Å². The molecule has 0 bridgehead atoms. The molecule has 0 aliphatic heterocycles. The van der Waals surface area contributed by atoms with Gasteiger partial charge in [-0.2, -0.15) is 0 Å². The summed E-state index contributed by atoms with van der Waals surface area (Å²) in [5.41, 5.74) is 7.87. The molecule has 0 aliphatic carbocycles. The Hall–Kier alpha value is -3.90. The van der Waals surface area contributed by atoms with E-state index < -0.39 is 12.1 Å². The van der Waals surface area contributed by atoms with E-state index in [1.165, 1.54) is 21.2 Å². The van der Waals surface area contributed by atoms with Crippen molar-refractivity contribution in [2.24, 2.45) is 5.73 Å². The monoisotopic (exact) mass is 496 g/mol. The van der Waals surface area contributed by atoms with Gasteiger partial charge in [-0.1, -0.05) is 72.8 Å². The van der Waals surface area contributed by atoms with Crippen molar-refractivity contribution in [2.75, 3.05) is 13.1 Å². The summed E-state index contributed by atoms with van der Waals surface area (Å²) < 4.78 is 0. The van der Waals surface area contributed by atoms with Crippen LogP contribution in [0.3, 0.4) is 0 Å². The highest BCUT2D eigenvalue weighted by molar-refractivity contribution is 5.87. The smallest absolute Gasteiger partial charge is 0.315 e.